The van der Waals surface area contributed by atoms with Gasteiger partial charge in [0.15, 0.2) is 15.8 Å². The maximum atomic E-state index is 4.58. The van der Waals surface area contributed by atoms with Crippen LogP contribution in [0.5, 0.6) is 0 Å². The maximum Gasteiger partial charge on any atom is 0.176 e. The molecule has 22 heavy (non-hydrogen) atoms. The molecule has 1 aliphatic rings. The molecule has 0 spiro atoms. The minimum atomic E-state index is 0.324. The number of H-pyrrole nitrogens is 1. The van der Waals surface area contributed by atoms with E-state index >= 15 is 0 Å². The van der Waals surface area contributed by atoms with E-state index in [4.69, 9.17) is 0 Å². The predicted octanol–water partition coefficient (Wildman–Crippen LogP) is 3.26. The number of piperidine rings is 1. The van der Waals surface area contributed by atoms with Crippen molar-refractivity contribution in [3.8, 4) is 0 Å². The van der Waals surface area contributed by atoms with Gasteiger partial charge in [0.2, 0.25) is 0 Å². The number of hydrogen-bond acceptors (Lipinski definition) is 7. The molecular formula is C14H16N6S2. The molecule has 0 radical (unpaired) electrons. The molecule has 4 rings (SSSR count). The summed E-state index contributed by atoms with van der Waals surface area (Å²) in [5.74, 6) is 1.01. The van der Waals surface area contributed by atoms with E-state index < -0.39 is 0 Å². The number of nitrogens with one attached hydrogen (secondary N) is 1. The van der Waals surface area contributed by atoms with E-state index in [-0.39, 0.29) is 0 Å². The van der Waals surface area contributed by atoms with E-state index in [2.05, 4.69) is 30.0 Å². The molecule has 0 bridgehead atoms. The van der Waals surface area contributed by atoms with E-state index in [9.17, 15) is 0 Å². The van der Waals surface area contributed by atoms with Gasteiger partial charge in [-0.3, -0.25) is 5.10 Å². The Kier molecular flexibility index (Phi) is 3.71. The van der Waals surface area contributed by atoms with Crippen LogP contribution >= 0.6 is 23.1 Å². The van der Waals surface area contributed by atoms with Gasteiger partial charge in [-0.1, -0.05) is 11.8 Å². The fourth-order valence-corrected chi connectivity index (χ4v) is 4.51. The molecular weight excluding hydrogens is 316 g/mol. The number of anilines is 1. The summed E-state index contributed by atoms with van der Waals surface area (Å²) in [6, 6.07) is 0.324. The molecule has 1 fully saturated rings. The molecule has 0 aromatic carbocycles. The Morgan fingerprint density at radius 2 is 2.32 bits per heavy atom. The van der Waals surface area contributed by atoms with Crippen LogP contribution < -0.4 is 4.90 Å². The molecule has 0 aliphatic carbocycles. The van der Waals surface area contributed by atoms with Gasteiger partial charge in [0.05, 0.1) is 12.2 Å². The third-order valence-electron chi connectivity index (χ3n) is 4.01. The fraction of sp³-hybridized carbons (Fsp3) is 0.429. The van der Waals surface area contributed by atoms with E-state index in [0.29, 0.717) is 6.04 Å². The van der Waals surface area contributed by atoms with Crippen LogP contribution in [-0.2, 0) is 0 Å². The molecule has 8 heteroatoms. The molecule has 1 aliphatic heterocycles. The standard InChI is InChI=1S/C14H16N6S2/c1-21-14-19-12-11(22-14)13(16-8-15-12)20-5-3-2-4-10(20)9-6-17-18-7-9/h6-8,10H,2-5H2,1H3,(H,17,18). The molecule has 1 saturated heterocycles. The van der Waals surface area contributed by atoms with Gasteiger partial charge in [-0.25, -0.2) is 15.0 Å². The molecule has 0 saturated carbocycles. The molecule has 0 amide bonds. The van der Waals surface area contributed by atoms with Gasteiger partial charge in [0.1, 0.15) is 11.0 Å². The quantitative estimate of drug-likeness (QED) is 0.742. The molecule has 114 valence electrons. The van der Waals surface area contributed by atoms with Crippen LogP contribution in [0.1, 0.15) is 30.9 Å². The highest BCUT2D eigenvalue weighted by Gasteiger charge is 2.28. The van der Waals surface area contributed by atoms with Crippen molar-refractivity contribution >= 4 is 39.3 Å². The molecule has 1 N–H and O–H groups in total. The van der Waals surface area contributed by atoms with Crippen molar-refractivity contribution in [3.63, 3.8) is 0 Å². The van der Waals surface area contributed by atoms with Crippen molar-refractivity contribution in [1.82, 2.24) is 25.1 Å². The van der Waals surface area contributed by atoms with E-state index in [0.717, 1.165) is 33.5 Å². The Morgan fingerprint density at radius 1 is 1.36 bits per heavy atom. The molecule has 3 aromatic rings. The van der Waals surface area contributed by atoms with Gasteiger partial charge < -0.3 is 4.90 Å². The SMILES string of the molecule is CSc1nc2ncnc(N3CCCCC3c3cn[nH]c3)c2s1. The van der Waals surface area contributed by atoms with E-state index in [1.54, 1.807) is 29.4 Å². The first-order chi connectivity index (χ1) is 10.9. The zero-order valence-corrected chi connectivity index (χ0v) is 13.8. The minimum absolute atomic E-state index is 0.324. The molecule has 3 aromatic heterocycles. The van der Waals surface area contributed by atoms with Crippen LogP contribution in [0.25, 0.3) is 10.3 Å². The van der Waals surface area contributed by atoms with Crippen LogP contribution in [0.4, 0.5) is 5.82 Å². The lowest BCUT2D eigenvalue weighted by atomic mass is 9.97. The number of nitrogens with zero attached hydrogens (tertiary/aromatic N) is 5. The average Bonchev–Trinajstić information content (AvgIpc) is 3.23. The summed E-state index contributed by atoms with van der Waals surface area (Å²) >= 11 is 3.33. The number of fused-ring (bicyclic) bond motifs is 1. The molecule has 1 unspecified atom stereocenters. The molecule has 1 atom stereocenters. The van der Waals surface area contributed by atoms with Crippen LogP contribution in [0.15, 0.2) is 23.1 Å². The number of aromatic nitrogens is 5. The Balaban J connectivity index is 1.80. The second-order valence-electron chi connectivity index (χ2n) is 5.27. The van der Waals surface area contributed by atoms with Crippen molar-refractivity contribution in [2.45, 2.75) is 29.6 Å². The summed E-state index contributed by atoms with van der Waals surface area (Å²) in [7, 11) is 0. The number of rotatable bonds is 3. The smallest absolute Gasteiger partial charge is 0.176 e. The first-order valence-corrected chi connectivity index (χ1v) is 9.32. The van der Waals surface area contributed by atoms with Crippen LogP contribution in [0.2, 0.25) is 0 Å². The van der Waals surface area contributed by atoms with Crippen molar-refractivity contribution in [1.29, 1.82) is 0 Å². The van der Waals surface area contributed by atoms with Crippen molar-refractivity contribution in [3.05, 3.63) is 24.3 Å². The average molecular weight is 332 g/mol. The Bertz CT molecular complexity index is 769. The summed E-state index contributed by atoms with van der Waals surface area (Å²) in [5.41, 5.74) is 2.02. The normalized spacial score (nSPS) is 19.0. The summed E-state index contributed by atoms with van der Waals surface area (Å²) < 4.78 is 2.12. The zero-order chi connectivity index (χ0) is 14.9. The lowest BCUT2D eigenvalue weighted by molar-refractivity contribution is 0.471. The third-order valence-corrected chi connectivity index (χ3v) is 6.03. The van der Waals surface area contributed by atoms with Crippen molar-refractivity contribution in [2.75, 3.05) is 17.7 Å². The second-order valence-corrected chi connectivity index (χ2v) is 7.32. The largest absolute Gasteiger partial charge is 0.348 e. The van der Waals surface area contributed by atoms with E-state index in [1.807, 2.05) is 18.6 Å². The van der Waals surface area contributed by atoms with Gasteiger partial charge in [0.25, 0.3) is 0 Å². The summed E-state index contributed by atoms with van der Waals surface area (Å²) in [4.78, 5) is 15.9. The first-order valence-electron chi connectivity index (χ1n) is 7.27. The van der Waals surface area contributed by atoms with Crippen LogP contribution in [0, 0.1) is 0 Å². The van der Waals surface area contributed by atoms with Gasteiger partial charge in [-0.2, -0.15) is 5.10 Å². The number of thioether (sulfide) groups is 1. The maximum absolute atomic E-state index is 4.58. The summed E-state index contributed by atoms with van der Waals surface area (Å²) in [6.45, 7) is 1.01. The van der Waals surface area contributed by atoms with Crippen LogP contribution in [0.3, 0.4) is 0 Å². The predicted molar refractivity (Wildman–Crippen MR) is 89.5 cm³/mol. The Morgan fingerprint density at radius 3 is 3.14 bits per heavy atom. The van der Waals surface area contributed by atoms with Crippen molar-refractivity contribution < 1.29 is 0 Å². The highest BCUT2D eigenvalue weighted by Crippen LogP contribution is 2.39. The lowest BCUT2D eigenvalue weighted by Crippen LogP contribution is -2.33. The Hall–Kier alpha value is -1.67. The first kappa shape index (κ1) is 14.0. The summed E-state index contributed by atoms with van der Waals surface area (Å²) in [5, 5.41) is 7.03. The number of hydrogen-bond donors (Lipinski definition) is 1. The fourth-order valence-electron chi connectivity index (χ4n) is 2.99. The monoisotopic (exact) mass is 332 g/mol. The second kappa shape index (κ2) is 5.85. The molecule has 6 nitrogen and oxygen atoms in total. The minimum Gasteiger partial charge on any atom is -0.348 e. The van der Waals surface area contributed by atoms with Gasteiger partial charge in [-0.15, -0.1) is 11.3 Å². The highest BCUT2D eigenvalue weighted by atomic mass is 32.2. The topological polar surface area (TPSA) is 70.6 Å². The lowest BCUT2D eigenvalue weighted by Gasteiger charge is -2.36. The number of thiazole rings is 1. The third kappa shape index (κ3) is 2.36. The van der Waals surface area contributed by atoms with Crippen molar-refractivity contribution in [2.24, 2.45) is 0 Å². The van der Waals surface area contributed by atoms with Gasteiger partial charge in [0, 0.05) is 18.3 Å². The Labute approximate surface area is 136 Å². The summed E-state index contributed by atoms with van der Waals surface area (Å²) in [6.07, 6.45) is 11.1. The highest BCUT2D eigenvalue weighted by molar-refractivity contribution is 8.00. The molecule has 4 heterocycles. The van der Waals surface area contributed by atoms with E-state index in [1.165, 1.54) is 18.4 Å². The van der Waals surface area contributed by atoms with Crippen LogP contribution in [-0.4, -0.2) is 37.9 Å². The van der Waals surface area contributed by atoms with Gasteiger partial charge >= 0.3 is 0 Å². The van der Waals surface area contributed by atoms with Gasteiger partial charge in [-0.05, 0) is 25.5 Å². The zero-order valence-electron chi connectivity index (χ0n) is 12.2. The number of aromatic amines is 1.